The van der Waals surface area contributed by atoms with Crippen molar-refractivity contribution in [2.75, 3.05) is 0 Å². The molecular formula is C10H11BrO2S. The molecule has 1 aromatic rings. The zero-order valence-electron chi connectivity index (χ0n) is 7.62. The van der Waals surface area contributed by atoms with E-state index < -0.39 is 5.60 Å². The minimum Gasteiger partial charge on any atom is -0.385 e. The Labute approximate surface area is 95.1 Å². The zero-order chi connectivity index (χ0) is 10.2. The lowest BCUT2D eigenvalue weighted by Crippen LogP contribution is -2.31. The number of hydrogen-bond acceptors (Lipinski definition) is 3. The molecule has 1 N–H and O–H groups in total. The molecule has 4 heteroatoms. The minimum absolute atomic E-state index is 0.265. The van der Waals surface area contributed by atoms with Gasteiger partial charge in [-0.25, -0.2) is 0 Å². The molecule has 0 spiro atoms. The second-order valence-electron chi connectivity index (χ2n) is 3.70. The van der Waals surface area contributed by atoms with Crippen LogP contribution in [0.4, 0.5) is 0 Å². The molecule has 1 saturated carbocycles. The molecule has 2 rings (SSSR count). The second kappa shape index (κ2) is 3.76. The molecule has 0 atom stereocenters. The lowest BCUT2D eigenvalue weighted by Gasteiger charge is -2.31. The third-order valence-corrected chi connectivity index (χ3v) is 4.45. The Kier molecular flexibility index (Phi) is 2.77. The smallest absolute Gasteiger partial charge is 0.133 e. The average molecular weight is 275 g/mol. The first-order chi connectivity index (χ1) is 6.62. The highest BCUT2D eigenvalue weighted by Gasteiger charge is 2.35. The summed E-state index contributed by atoms with van der Waals surface area (Å²) in [4.78, 5) is 11.1. The Balaban J connectivity index is 2.25. The van der Waals surface area contributed by atoms with Crippen molar-refractivity contribution >= 4 is 33.0 Å². The largest absolute Gasteiger partial charge is 0.385 e. The van der Waals surface area contributed by atoms with E-state index in [1.807, 2.05) is 10.8 Å². The molecule has 1 aromatic heterocycles. The topological polar surface area (TPSA) is 37.3 Å². The van der Waals surface area contributed by atoms with Gasteiger partial charge in [-0.05, 0) is 34.2 Å². The van der Waals surface area contributed by atoms with Gasteiger partial charge in [0.1, 0.15) is 5.78 Å². The number of aliphatic hydroxyl groups is 1. The Morgan fingerprint density at radius 3 is 2.50 bits per heavy atom. The number of thiophene rings is 1. The molecule has 2 nitrogen and oxygen atoms in total. The SMILES string of the molecule is O=C1CCC(O)(c2cscc2Br)CC1. The molecule has 0 bridgehead atoms. The first-order valence-electron chi connectivity index (χ1n) is 4.58. The van der Waals surface area contributed by atoms with Crippen LogP contribution < -0.4 is 0 Å². The van der Waals surface area contributed by atoms with E-state index in [4.69, 9.17) is 0 Å². The van der Waals surface area contributed by atoms with Crippen molar-refractivity contribution in [1.82, 2.24) is 0 Å². The molecule has 14 heavy (non-hydrogen) atoms. The molecule has 0 unspecified atom stereocenters. The minimum atomic E-state index is -0.785. The molecule has 1 fully saturated rings. The maximum absolute atomic E-state index is 11.1. The molecule has 0 aliphatic heterocycles. The van der Waals surface area contributed by atoms with Crippen LogP contribution in [-0.4, -0.2) is 10.9 Å². The third kappa shape index (κ3) is 1.78. The van der Waals surface area contributed by atoms with Crippen LogP contribution in [0.15, 0.2) is 15.2 Å². The number of halogens is 1. The molecule has 1 aliphatic carbocycles. The van der Waals surface area contributed by atoms with Gasteiger partial charge in [0.05, 0.1) is 5.60 Å². The van der Waals surface area contributed by atoms with Gasteiger partial charge in [0.25, 0.3) is 0 Å². The highest BCUT2D eigenvalue weighted by Crippen LogP contribution is 2.40. The van der Waals surface area contributed by atoms with Gasteiger partial charge in [-0.15, -0.1) is 0 Å². The van der Waals surface area contributed by atoms with Gasteiger partial charge in [-0.1, -0.05) is 0 Å². The predicted molar refractivity (Wildman–Crippen MR) is 59.4 cm³/mol. The van der Waals surface area contributed by atoms with Crippen LogP contribution in [0.1, 0.15) is 31.2 Å². The van der Waals surface area contributed by atoms with Gasteiger partial charge < -0.3 is 5.11 Å². The van der Waals surface area contributed by atoms with Gasteiger partial charge in [0.2, 0.25) is 0 Å². The van der Waals surface area contributed by atoms with Crippen molar-refractivity contribution < 1.29 is 9.90 Å². The Morgan fingerprint density at radius 1 is 1.36 bits per heavy atom. The van der Waals surface area contributed by atoms with E-state index in [0.717, 1.165) is 10.0 Å². The summed E-state index contributed by atoms with van der Waals surface area (Å²) in [6.07, 6.45) is 2.11. The van der Waals surface area contributed by atoms with E-state index in [0.29, 0.717) is 25.7 Å². The van der Waals surface area contributed by atoms with E-state index in [2.05, 4.69) is 15.9 Å². The van der Waals surface area contributed by atoms with Crippen LogP contribution in [0.5, 0.6) is 0 Å². The van der Waals surface area contributed by atoms with Crippen molar-refractivity contribution in [3.8, 4) is 0 Å². The van der Waals surface area contributed by atoms with Gasteiger partial charge in [0.15, 0.2) is 0 Å². The molecule has 0 aromatic carbocycles. The van der Waals surface area contributed by atoms with Gasteiger partial charge in [-0.3, -0.25) is 4.79 Å². The summed E-state index contributed by atoms with van der Waals surface area (Å²) in [5.74, 6) is 0.265. The average Bonchev–Trinajstić information content (AvgIpc) is 2.58. The van der Waals surface area contributed by atoms with E-state index >= 15 is 0 Å². The van der Waals surface area contributed by atoms with E-state index in [-0.39, 0.29) is 5.78 Å². The van der Waals surface area contributed by atoms with E-state index in [1.54, 1.807) is 11.3 Å². The molecule has 0 saturated heterocycles. The van der Waals surface area contributed by atoms with Crippen LogP contribution in [0.25, 0.3) is 0 Å². The molecular weight excluding hydrogens is 264 g/mol. The number of ketones is 1. The lowest BCUT2D eigenvalue weighted by atomic mass is 9.80. The van der Waals surface area contributed by atoms with Crippen molar-refractivity contribution in [1.29, 1.82) is 0 Å². The van der Waals surface area contributed by atoms with Crippen LogP contribution in [-0.2, 0) is 10.4 Å². The Hall–Kier alpha value is -0.190. The fraction of sp³-hybridized carbons (Fsp3) is 0.500. The first kappa shape index (κ1) is 10.3. The van der Waals surface area contributed by atoms with Crippen molar-refractivity contribution in [3.63, 3.8) is 0 Å². The molecule has 76 valence electrons. The summed E-state index contributed by atoms with van der Waals surface area (Å²) >= 11 is 4.98. The quantitative estimate of drug-likeness (QED) is 0.855. The van der Waals surface area contributed by atoms with Crippen molar-refractivity contribution in [2.45, 2.75) is 31.3 Å². The summed E-state index contributed by atoms with van der Waals surface area (Å²) in [5.41, 5.74) is 0.155. The highest BCUT2D eigenvalue weighted by molar-refractivity contribution is 9.10. The Morgan fingerprint density at radius 2 is 2.00 bits per heavy atom. The van der Waals surface area contributed by atoms with Crippen LogP contribution >= 0.6 is 27.3 Å². The second-order valence-corrected chi connectivity index (χ2v) is 5.30. The third-order valence-electron chi connectivity index (χ3n) is 2.75. The number of rotatable bonds is 1. The number of Topliss-reactive ketones (excluding diaryl/α,β-unsaturated/α-hetero) is 1. The molecule has 0 amide bonds. The number of hydrogen-bond donors (Lipinski definition) is 1. The fourth-order valence-electron chi connectivity index (χ4n) is 1.83. The summed E-state index contributed by atoms with van der Waals surface area (Å²) in [6.45, 7) is 0. The van der Waals surface area contributed by atoms with Crippen molar-refractivity contribution in [3.05, 3.63) is 20.8 Å². The molecule has 1 aliphatic rings. The summed E-state index contributed by atoms with van der Waals surface area (Å²) in [7, 11) is 0. The van der Waals surface area contributed by atoms with Crippen LogP contribution in [0.2, 0.25) is 0 Å². The first-order valence-corrected chi connectivity index (χ1v) is 6.32. The maximum Gasteiger partial charge on any atom is 0.133 e. The van der Waals surface area contributed by atoms with Gasteiger partial charge in [0, 0.05) is 28.3 Å². The normalized spacial score (nSPS) is 21.1. The van der Waals surface area contributed by atoms with E-state index in [1.165, 1.54) is 0 Å². The fourth-order valence-corrected chi connectivity index (χ4v) is 3.58. The van der Waals surface area contributed by atoms with Crippen molar-refractivity contribution in [2.24, 2.45) is 0 Å². The van der Waals surface area contributed by atoms with Gasteiger partial charge in [-0.2, -0.15) is 11.3 Å². The molecule has 0 radical (unpaired) electrons. The highest BCUT2D eigenvalue weighted by atomic mass is 79.9. The van der Waals surface area contributed by atoms with E-state index in [9.17, 15) is 9.90 Å². The monoisotopic (exact) mass is 274 g/mol. The zero-order valence-corrected chi connectivity index (χ0v) is 10.0. The maximum atomic E-state index is 11.1. The molecule has 1 heterocycles. The lowest BCUT2D eigenvalue weighted by molar-refractivity contribution is -0.125. The number of carbonyl (C=O) groups is 1. The summed E-state index contributed by atoms with van der Waals surface area (Å²) in [5, 5.41) is 14.3. The van der Waals surface area contributed by atoms with Crippen LogP contribution in [0, 0.1) is 0 Å². The summed E-state index contributed by atoms with van der Waals surface area (Å²) in [6, 6.07) is 0. The van der Waals surface area contributed by atoms with Crippen LogP contribution in [0.3, 0.4) is 0 Å². The Bertz CT molecular complexity index is 349. The standard InChI is InChI=1S/C10H11BrO2S/c11-9-6-14-5-8(9)10(13)3-1-7(12)2-4-10/h5-6,13H,1-4H2. The predicted octanol–water partition coefficient (Wildman–Crippen LogP) is 2.84. The number of carbonyl (C=O) groups excluding carboxylic acids is 1. The summed E-state index contributed by atoms with van der Waals surface area (Å²) < 4.78 is 0.958. The van der Waals surface area contributed by atoms with Gasteiger partial charge >= 0.3 is 0 Å².